The molecule has 0 aromatic heterocycles. The Kier molecular flexibility index (Phi) is 2.71. The molecule has 2 aliphatic carbocycles. The maximum absolute atomic E-state index is 10.7. The van der Waals surface area contributed by atoms with Gasteiger partial charge in [0, 0.05) is 11.6 Å². The summed E-state index contributed by atoms with van der Waals surface area (Å²) in [5.41, 5.74) is 9.20. The highest BCUT2D eigenvalue weighted by atomic mass is 16.2. The summed E-state index contributed by atoms with van der Waals surface area (Å²) in [6.45, 7) is 9.14. The van der Waals surface area contributed by atoms with Gasteiger partial charge in [-0.1, -0.05) is 20.8 Å². The topological polar surface area (TPSA) is 67.5 Å². The van der Waals surface area contributed by atoms with E-state index < -0.39 is 6.03 Å². The lowest BCUT2D eigenvalue weighted by Crippen LogP contribution is -2.29. The predicted octanol–water partition coefficient (Wildman–Crippen LogP) is 2.49. The van der Waals surface area contributed by atoms with Crippen molar-refractivity contribution in [3.05, 3.63) is 0 Å². The van der Waals surface area contributed by atoms with Crippen LogP contribution in [-0.4, -0.2) is 11.7 Å². The molecular formula is C13H23N3O. The van der Waals surface area contributed by atoms with Crippen LogP contribution in [0, 0.1) is 22.7 Å². The van der Waals surface area contributed by atoms with Gasteiger partial charge in [0.15, 0.2) is 0 Å². The molecule has 2 rings (SSSR count). The van der Waals surface area contributed by atoms with E-state index in [2.05, 4.69) is 31.3 Å². The fourth-order valence-electron chi connectivity index (χ4n) is 3.97. The van der Waals surface area contributed by atoms with Gasteiger partial charge >= 0.3 is 6.03 Å². The zero-order chi connectivity index (χ0) is 12.8. The van der Waals surface area contributed by atoms with Gasteiger partial charge in [-0.2, -0.15) is 5.10 Å². The second kappa shape index (κ2) is 3.72. The van der Waals surface area contributed by atoms with Crippen molar-refractivity contribution in [1.82, 2.24) is 5.43 Å². The molecule has 4 heteroatoms. The summed E-state index contributed by atoms with van der Waals surface area (Å²) in [5, 5.41) is 4.11. The first-order valence-corrected chi connectivity index (χ1v) is 6.37. The minimum Gasteiger partial charge on any atom is -0.350 e. The number of carbonyl (C=O) groups is 1. The maximum atomic E-state index is 10.7. The first-order chi connectivity index (χ1) is 7.78. The Bertz CT molecular complexity index is 372. The zero-order valence-corrected chi connectivity index (χ0v) is 11.2. The Morgan fingerprint density at radius 2 is 2.06 bits per heavy atom. The van der Waals surface area contributed by atoms with Gasteiger partial charge in [-0.05, 0) is 42.9 Å². The number of fused-ring (bicyclic) bond motifs is 2. The van der Waals surface area contributed by atoms with Crippen LogP contribution in [0.15, 0.2) is 5.10 Å². The Labute approximate surface area is 103 Å². The van der Waals surface area contributed by atoms with E-state index in [1.54, 1.807) is 0 Å². The van der Waals surface area contributed by atoms with Gasteiger partial charge in [0.25, 0.3) is 0 Å². The van der Waals surface area contributed by atoms with Crippen LogP contribution in [0.1, 0.15) is 47.0 Å². The molecule has 0 aliphatic heterocycles. The molecule has 0 heterocycles. The first-order valence-electron chi connectivity index (χ1n) is 6.37. The van der Waals surface area contributed by atoms with Gasteiger partial charge in [0.05, 0.1) is 0 Å². The third-order valence-corrected chi connectivity index (χ3v) is 5.52. The molecule has 0 aromatic rings. The summed E-state index contributed by atoms with van der Waals surface area (Å²) in [7, 11) is 0. The van der Waals surface area contributed by atoms with Crippen molar-refractivity contribution in [2.45, 2.75) is 47.0 Å². The van der Waals surface area contributed by atoms with Crippen LogP contribution in [0.4, 0.5) is 4.79 Å². The predicted molar refractivity (Wildman–Crippen MR) is 68.5 cm³/mol. The molecule has 96 valence electrons. The number of hydrazone groups is 1. The van der Waals surface area contributed by atoms with E-state index in [4.69, 9.17) is 5.73 Å². The van der Waals surface area contributed by atoms with Gasteiger partial charge in [0.2, 0.25) is 0 Å². The van der Waals surface area contributed by atoms with Crippen LogP contribution in [0.5, 0.6) is 0 Å². The molecular weight excluding hydrogens is 214 g/mol. The minimum absolute atomic E-state index is 0.376. The van der Waals surface area contributed by atoms with Crippen molar-refractivity contribution < 1.29 is 4.79 Å². The highest BCUT2D eigenvalue weighted by Gasteiger charge is 2.60. The van der Waals surface area contributed by atoms with Crippen LogP contribution in [0.3, 0.4) is 0 Å². The molecule has 3 N–H and O–H groups in total. The van der Waals surface area contributed by atoms with E-state index in [1.807, 2.05) is 6.92 Å². The Balaban J connectivity index is 2.16. The quantitative estimate of drug-likeness (QED) is 0.562. The molecule has 2 saturated carbocycles. The maximum Gasteiger partial charge on any atom is 0.332 e. The third-order valence-electron chi connectivity index (χ3n) is 5.52. The van der Waals surface area contributed by atoms with Gasteiger partial charge < -0.3 is 5.73 Å². The highest BCUT2D eigenvalue weighted by Crippen LogP contribution is 2.67. The molecule has 0 unspecified atom stereocenters. The molecule has 3 atom stereocenters. The van der Waals surface area contributed by atoms with Crippen molar-refractivity contribution in [3.63, 3.8) is 0 Å². The van der Waals surface area contributed by atoms with E-state index in [0.717, 1.165) is 5.71 Å². The SMILES string of the molecule is C/C(=N/NC(N)=O)[C@H]1C[C@@]2(C)CC[C@@H]1C2(C)C. The summed E-state index contributed by atoms with van der Waals surface area (Å²) in [4.78, 5) is 10.7. The van der Waals surface area contributed by atoms with Crippen LogP contribution in [0.25, 0.3) is 0 Å². The molecule has 2 aliphatic rings. The second-order valence-electron chi connectivity index (χ2n) is 6.47. The standard InChI is InChI=1S/C13H23N3O/c1-8(15-16-11(14)17)9-7-13(4)6-5-10(9)12(13,2)3/h9-10H,5-7H2,1-4H3,(H3,14,16,17)/b15-8-/t9-,10+,13-/m1/s1. The molecule has 0 aromatic carbocycles. The van der Waals surface area contributed by atoms with Crippen LogP contribution in [-0.2, 0) is 0 Å². The zero-order valence-electron chi connectivity index (χ0n) is 11.2. The monoisotopic (exact) mass is 237 g/mol. The van der Waals surface area contributed by atoms with Crippen molar-refractivity contribution >= 4 is 11.7 Å². The largest absolute Gasteiger partial charge is 0.350 e. The van der Waals surface area contributed by atoms with E-state index in [9.17, 15) is 4.79 Å². The Hall–Kier alpha value is -1.06. The minimum atomic E-state index is -0.585. The first kappa shape index (κ1) is 12.4. The number of carbonyl (C=O) groups excluding carboxylic acids is 1. The molecule has 0 spiro atoms. The lowest BCUT2D eigenvalue weighted by atomic mass is 9.71. The van der Waals surface area contributed by atoms with Crippen molar-refractivity contribution in [1.29, 1.82) is 0 Å². The van der Waals surface area contributed by atoms with Crippen LogP contribution in [0.2, 0.25) is 0 Å². The number of nitrogens with one attached hydrogen (secondary N) is 1. The second-order valence-corrected chi connectivity index (χ2v) is 6.47. The Morgan fingerprint density at radius 1 is 1.41 bits per heavy atom. The van der Waals surface area contributed by atoms with Gasteiger partial charge in [-0.15, -0.1) is 0 Å². The average Bonchev–Trinajstić information content (AvgIpc) is 2.57. The molecule has 2 bridgehead atoms. The van der Waals surface area contributed by atoms with Crippen molar-refractivity contribution in [2.24, 2.45) is 33.5 Å². The summed E-state index contributed by atoms with van der Waals surface area (Å²) in [5.74, 6) is 1.18. The molecule has 0 saturated heterocycles. The normalized spacial score (nSPS) is 39.4. The number of hydrogen-bond acceptors (Lipinski definition) is 2. The summed E-state index contributed by atoms with van der Waals surface area (Å²) < 4.78 is 0. The van der Waals surface area contributed by atoms with Gasteiger partial charge in [-0.3, -0.25) is 0 Å². The molecule has 17 heavy (non-hydrogen) atoms. The van der Waals surface area contributed by atoms with Crippen LogP contribution < -0.4 is 11.2 Å². The summed E-state index contributed by atoms with van der Waals surface area (Å²) in [6, 6.07) is -0.585. The van der Waals surface area contributed by atoms with Crippen LogP contribution >= 0.6 is 0 Å². The molecule has 0 radical (unpaired) electrons. The number of primary amides is 1. The fourth-order valence-corrected chi connectivity index (χ4v) is 3.97. The third kappa shape index (κ3) is 1.74. The van der Waals surface area contributed by atoms with E-state index in [-0.39, 0.29) is 0 Å². The molecule has 2 fully saturated rings. The van der Waals surface area contributed by atoms with E-state index >= 15 is 0 Å². The average molecular weight is 237 g/mol. The van der Waals surface area contributed by atoms with Crippen molar-refractivity contribution in [3.8, 4) is 0 Å². The number of rotatable bonds is 2. The number of urea groups is 1. The molecule has 4 nitrogen and oxygen atoms in total. The summed E-state index contributed by atoms with van der Waals surface area (Å²) >= 11 is 0. The molecule has 2 amide bonds. The number of amides is 2. The lowest BCUT2D eigenvalue weighted by Gasteiger charge is -2.34. The smallest absolute Gasteiger partial charge is 0.332 e. The van der Waals surface area contributed by atoms with Gasteiger partial charge in [0.1, 0.15) is 0 Å². The lowest BCUT2D eigenvalue weighted by molar-refractivity contribution is 0.152. The fraction of sp³-hybridized carbons (Fsp3) is 0.846. The summed E-state index contributed by atoms with van der Waals surface area (Å²) in [6.07, 6.45) is 3.77. The number of hydrogen-bond donors (Lipinski definition) is 2. The van der Waals surface area contributed by atoms with E-state index in [1.165, 1.54) is 19.3 Å². The highest BCUT2D eigenvalue weighted by molar-refractivity contribution is 5.86. The number of nitrogens with two attached hydrogens (primary N) is 1. The van der Waals surface area contributed by atoms with Crippen molar-refractivity contribution in [2.75, 3.05) is 0 Å². The van der Waals surface area contributed by atoms with E-state index in [0.29, 0.717) is 22.7 Å². The van der Waals surface area contributed by atoms with Gasteiger partial charge in [-0.25, -0.2) is 10.2 Å². The number of nitrogens with zero attached hydrogens (tertiary/aromatic N) is 1. The Morgan fingerprint density at radius 3 is 2.47 bits per heavy atom.